The first-order valence-electron chi connectivity index (χ1n) is 14.8. The van der Waals surface area contributed by atoms with Gasteiger partial charge in [-0.05, 0) is 86.3 Å². The van der Waals surface area contributed by atoms with Gasteiger partial charge in [-0.2, -0.15) is 0 Å². The molecule has 1 aliphatic carbocycles. The van der Waals surface area contributed by atoms with Crippen LogP contribution in [0, 0.1) is 0 Å². The lowest BCUT2D eigenvalue weighted by molar-refractivity contribution is -0.141. The first-order chi connectivity index (χ1) is 20.0. The van der Waals surface area contributed by atoms with E-state index in [1.54, 1.807) is 0 Å². The molecule has 0 saturated carbocycles. The van der Waals surface area contributed by atoms with E-state index >= 15 is 0 Å². The molecule has 3 rings (SSSR count). The standard InChI is InChI=1S/C34H44O7/c1-4-12-29-27-15-10-16-30(35)28(27)19-21-32(29)40-23-8-6-5-7-13-25-14-9-17-31(26(25)20-22-34(37)39-3)41-24-11-18-33(36)38-2/h4,9,14,17,19,21H,1,5-8,10-13,15-16,18,20,22-24H2,2-3H3. The molecule has 0 spiro atoms. The highest BCUT2D eigenvalue weighted by Crippen LogP contribution is 2.32. The van der Waals surface area contributed by atoms with Crippen LogP contribution in [0.15, 0.2) is 43.0 Å². The number of fused-ring (bicyclic) bond motifs is 1. The molecule has 0 unspecified atom stereocenters. The molecule has 0 radical (unpaired) electrons. The number of unbranched alkanes of at least 4 members (excludes halogenated alkanes) is 3. The maximum Gasteiger partial charge on any atom is 0.305 e. The number of Topliss-reactive ketones (excluding diaryl/α,β-unsaturated/α-hetero) is 1. The average molecular weight is 565 g/mol. The second-order valence-electron chi connectivity index (χ2n) is 10.3. The molecule has 0 aromatic heterocycles. The van der Waals surface area contributed by atoms with Crippen LogP contribution in [0.5, 0.6) is 11.5 Å². The van der Waals surface area contributed by atoms with Crippen molar-refractivity contribution in [2.75, 3.05) is 27.4 Å². The van der Waals surface area contributed by atoms with Crippen molar-refractivity contribution in [1.82, 2.24) is 0 Å². The molecule has 0 bridgehead atoms. The van der Waals surface area contributed by atoms with Gasteiger partial charge in [0.2, 0.25) is 0 Å². The summed E-state index contributed by atoms with van der Waals surface area (Å²) < 4.78 is 21.7. The van der Waals surface area contributed by atoms with E-state index < -0.39 is 0 Å². The lowest BCUT2D eigenvalue weighted by atomic mass is 9.86. The summed E-state index contributed by atoms with van der Waals surface area (Å²) in [5.74, 6) is 1.35. The van der Waals surface area contributed by atoms with Crippen molar-refractivity contribution in [2.45, 2.75) is 83.5 Å². The number of carbonyl (C=O) groups is 3. The zero-order valence-corrected chi connectivity index (χ0v) is 24.6. The van der Waals surface area contributed by atoms with Gasteiger partial charge in [-0.15, -0.1) is 6.58 Å². The maximum absolute atomic E-state index is 12.3. The van der Waals surface area contributed by atoms with Crippen molar-refractivity contribution >= 4 is 17.7 Å². The fourth-order valence-corrected chi connectivity index (χ4v) is 5.33. The van der Waals surface area contributed by atoms with Crippen LogP contribution in [-0.2, 0) is 44.7 Å². The normalized spacial score (nSPS) is 12.4. The van der Waals surface area contributed by atoms with Crippen molar-refractivity contribution in [3.05, 3.63) is 70.8 Å². The quantitative estimate of drug-likeness (QED) is 0.115. The van der Waals surface area contributed by atoms with Gasteiger partial charge in [0.25, 0.3) is 0 Å². The van der Waals surface area contributed by atoms with E-state index in [1.807, 2.05) is 30.3 Å². The Bertz CT molecular complexity index is 1180. The van der Waals surface area contributed by atoms with Crippen molar-refractivity contribution < 1.29 is 33.3 Å². The highest BCUT2D eigenvalue weighted by Gasteiger charge is 2.22. The van der Waals surface area contributed by atoms with Crippen LogP contribution in [0.2, 0.25) is 0 Å². The van der Waals surface area contributed by atoms with Crippen molar-refractivity contribution in [2.24, 2.45) is 0 Å². The summed E-state index contributed by atoms with van der Waals surface area (Å²) in [5, 5.41) is 0. The monoisotopic (exact) mass is 564 g/mol. The minimum atomic E-state index is -0.255. The van der Waals surface area contributed by atoms with Gasteiger partial charge >= 0.3 is 11.9 Å². The summed E-state index contributed by atoms with van der Waals surface area (Å²) in [6.45, 7) is 4.93. The minimum Gasteiger partial charge on any atom is -0.493 e. The molecule has 0 fully saturated rings. The first kappa shape index (κ1) is 31.9. The van der Waals surface area contributed by atoms with Gasteiger partial charge in [-0.3, -0.25) is 14.4 Å². The largest absolute Gasteiger partial charge is 0.493 e. The van der Waals surface area contributed by atoms with E-state index in [2.05, 4.69) is 12.6 Å². The average Bonchev–Trinajstić information content (AvgIpc) is 2.99. The third-order valence-corrected chi connectivity index (χ3v) is 7.51. The Kier molecular flexibility index (Phi) is 13.4. The molecule has 2 aromatic rings. The van der Waals surface area contributed by atoms with Crippen molar-refractivity contribution in [3.63, 3.8) is 0 Å². The van der Waals surface area contributed by atoms with E-state index in [1.165, 1.54) is 19.8 Å². The number of ketones is 1. The Morgan fingerprint density at radius 3 is 2.27 bits per heavy atom. The second kappa shape index (κ2) is 17.3. The summed E-state index contributed by atoms with van der Waals surface area (Å²) in [6, 6.07) is 9.87. The van der Waals surface area contributed by atoms with Crippen molar-refractivity contribution in [3.8, 4) is 11.5 Å². The Morgan fingerprint density at radius 2 is 1.51 bits per heavy atom. The number of esters is 2. The predicted octanol–water partition coefficient (Wildman–Crippen LogP) is 6.55. The number of hydrogen-bond acceptors (Lipinski definition) is 7. The fourth-order valence-electron chi connectivity index (χ4n) is 5.33. The number of allylic oxidation sites excluding steroid dienone is 1. The molecule has 0 heterocycles. The molecule has 0 saturated heterocycles. The molecule has 41 heavy (non-hydrogen) atoms. The van der Waals surface area contributed by atoms with E-state index in [9.17, 15) is 14.4 Å². The summed E-state index contributed by atoms with van der Waals surface area (Å²) in [7, 11) is 2.78. The topological polar surface area (TPSA) is 88.1 Å². The molecule has 7 heteroatoms. The third kappa shape index (κ3) is 9.76. The maximum atomic E-state index is 12.3. The third-order valence-electron chi connectivity index (χ3n) is 7.51. The molecule has 0 N–H and O–H groups in total. The van der Waals surface area contributed by atoms with Crippen LogP contribution < -0.4 is 9.47 Å². The zero-order valence-electron chi connectivity index (χ0n) is 24.6. The van der Waals surface area contributed by atoms with Gasteiger partial charge in [0.1, 0.15) is 11.5 Å². The summed E-state index contributed by atoms with van der Waals surface area (Å²) in [6.07, 6.45) is 11.7. The Morgan fingerprint density at radius 1 is 0.805 bits per heavy atom. The van der Waals surface area contributed by atoms with Crippen LogP contribution in [-0.4, -0.2) is 45.2 Å². The van der Waals surface area contributed by atoms with Crippen LogP contribution in [0.25, 0.3) is 0 Å². The van der Waals surface area contributed by atoms with E-state index in [0.29, 0.717) is 45.3 Å². The summed E-state index contributed by atoms with van der Waals surface area (Å²) in [5.41, 5.74) is 5.30. The number of methoxy groups -OCH3 is 2. The van der Waals surface area contributed by atoms with E-state index in [-0.39, 0.29) is 24.1 Å². The van der Waals surface area contributed by atoms with Gasteiger partial charge in [0.05, 0.1) is 27.4 Å². The Labute approximate surface area is 244 Å². The van der Waals surface area contributed by atoms with Gasteiger partial charge in [-0.25, -0.2) is 0 Å². The molecule has 0 atom stereocenters. The Hall–Kier alpha value is -3.61. The number of ether oxygens (including phenoxy) is 4. The number of benzene rings is 2. The van der Waals surface area contributed by atoms with Gasteiger partial charge in [0, 0.05) is 30.4 Å². The predicted molar refractivity (Wildman–Crippen MR) is 159 cm³/mol. The molecule has 222 valence electrons. The smallest absolute Gasteiger partial charge is 0.305 e. The molecular weight excluding hydrogens is 520 g/mol. The van der Waals surface area contributed by atoms with Crippen LogP contribution in [0.3, 0.4) is 0 Å². The number of carbonyl (C=O) groups excluding carboxylic acids is 3. The summed E-state index contributed by atoms with van der Waals surface area (Å²) in [4.78, 5) is 35.5. The SMILES string of the molecule is C=CCc1c(OCCCCCCc2cccc(OCCCC(=O)OC)c2CCC(=O)OC)ccc2c1CCCC2=O. The number of aryl methyl sites for hydroxylation is 1. The number of hydrogen-bond donors (Lipinski definition) is 0. The molecule has 0 amide bonds. The second-order valence-corrected chi connectivity index (χ2v) is 10.3. The molecule has 0 aliphatic heterocycles. The van der Waals surface area contributed by atoms with Crippen LogP contribution >= 0.6 is 0 Å². The van der Waals surface area contributed by atoms with Gasteiger partial charge in [-0.1, -0.05) is 31.1 Å². The molecule has 2 aromatic carbocycles. The minimum absolute atomic E-state index is 0.229. The van der Waals surface area contributed by atoms with E-state index in [0.717, 1.165) is 78.7 Å². The van der Waals surface area contributed by atoms with Crippen LogP contribution in [0.1, 0.15) is 90.4 Å². The van der Waals surface area contributed by atoms with Crippen LogP contribution in [0.4, 0.5) is 0 Å². The summed E-state index contributed by atoms with van der Waals surface area (Å²) >= 11 is 0. The fraction of sp³-hybridized carbons (Fsp3) is 0.500. The highest BCUT2D eigenvalue weighted by atomic mass is 16.5. The Balaban J connectivity index is 1.50. The zero-order chi connectivity index (χ0) is 29.5. The number of rotatable bonds is 18. The lowest BCUT2D eigenvalue weighted by Crippen LogP contribution is -2.14. The lowest BCUT2D eigenvalue weighted by Gasteiger charge is -2.21. The van der Waals surface area contributed by atoms with E-state index in [4.69, 9.17) is 18.9 Å². The first-order valence-corrected chi connectivity index (χ1v) is 14.8. The van der Waals surface area contributed by atoms with Gasteiger partial charge in [0.15, 0.2) is 5.78 Å². The molecule has 7 nitrogen and oxygen atoms in total. The van der Waals surface area contributed by atoms with Crippen molar-refractivity contribution in [1.29, 1.82) is 0 Å². The van der Waals surface area contributed by atoms with Gasteiger partial charge < -0.3 is 18.9 Å². The highest BCUT2D eigenvalue weighted by molar-refractivity contribution is 5.99. The molecular formula is C34H44O7. The molecule has 1 aliphatic rings.